The summed E-state index contributed by atoms with van der Waals surface area (Å²) in [5.41, 5.74) is 11.2. The van der Waals surface area contributed by atoms with Crippen LogP contribution in [0.5, 0.6) is 0 Å². The molecule has 0 aliphatic heterocycles. The molecule has 52 heavy (non-hydrogen) atoms. The number of nitrogens with zero attached hydrogens (tertiary/aromatic N) is 1. The van der Waals surface area contributed by atoms with Crippen LogP contribution < -0.4 is 4.90 Å². The Morgan fingerprint density at radius 2 is 1.06 bits per heavy atom. The predicted octanol–water partition coefficient (Wildman–Crippen LogP) is 14.7. The summed E-state index contributed by atoms with van der Waals surface area (Å²) in [6.07, 6.45) is 0. The molecule has 11 aromatic rings. The second kappa shape index (κ2) is 11.5. The van der Waals surface area contributed by atoms with Crippen molar-refractivity contribution in [3.8, 4) is 22.3 Å². The van der Waals surface area contributed by atoms with Gasteiger partial charge in [0.15, 0.2) is 5.58 Å². The molecule has 8 aromatic carbocycles. The molecule has 0 bridgehead atoms. The molecule has 0 amide bonds. The molecule has 244 valence electrons. The average Bonchev–Trinajstić information content (AvgIpc) is 3.90. The fourth-order valence-electron chi connectivity index (χ4n) is 7.86. The minimum absolute atomic E-state index is 0.843. The number of furan rings is 2. The average molecular weight is 684 g/mol. The van der Waals surface area contributed by atoms with E-state index < -0.39 is 0 Å². The van der Waals surface area contributed by atoms with Crippen LogP contribution in [0.1, 0.15) is 0 Å². The van der Waals surface area contributed by atoms with Crippen LogP contribution in [0.3, 0.4) is 0 Å². The molecule has 0 fully saturated rings. The molecule has 3 heterocycles. The van der Waals surface area contributed by atoms with Crippen molar-refractivity contribution in [3.63, 3.8) is 0 Å². The first-order valence-corrected chi connectivity index (χ1v) is 18.3. The summed E-state index contributed by atoms with van der Waals surface area (Å²) in [4.78, 5) is 2.36. The maximum atomic E-state index is 7.00. The third-order valence-electron chi connectivity index (χ3n) is 10.3. The SMILES string of the molecule is c1ccc(-c2ccc3sc4c(N(c5ccc6c(c5)oc5ccccc56)c5cccc6c5oc5c(-c7ccccc7)cccc56)cccc4c3c2)cc1. The zero-order chi connectivity index (χ0) is 34.2. The predicted molar refractivity (Wildman–Crippen MR) is 219 cm³/mol. The van der Waals surface area contributed by atoms with E-state index in [4.69, 9.17) is 8.83 Å². The Kier molecular flexibility index (Phi) is 6.42. The van der Waals surface area contributed by atoms with Gasteiger partial charge in [-0.2, -0.15) is 0 Å². The van der Waals surface area contributed by atoms with Gasteiger partial charge < -0.3 is 13.7 Å². The van der Waals surface area contributed by atoms with Gasteiger partial charge in [-0.05, 0) is 59.2 Å². The first-order valence-electron chi connectivity index (χ1n) is 17.5. The highest BCUT2D eigenvalue weighted by molar-refractivity contribution is 7.26. The summed E-state index contributed by atoms with van der Waals surface area (Å²) in [6.45, 7) is 0. The van der Waals surface area contributed by atoms with E-state index in [0.717, 1.165) is 72.1 Å². The first kappa shape index (κ1) is 29.1. The Morgan fingerprint density at radius 3 is 1.90 bits per heavy atom. The molecule has 0 radical (unpaired) electrons. The molecule has 0 saturated carbocycles. The van der Waals surface area contributed by atoms with E-state index >= 15 is 0 Å². The topological polar surface area (TPSA) is 29.5 Å². The Morgan fingerprint density at radius 1 is 0.385 bits per heavy atom. The first-order chi connectivity index (χ1) is 25.8. The zero-order valence-electron chi connectivity index (χ0n) is 27.9. The Labute approximate surface area is 303 Å². The van der Waals surface area contributed by atoms with Gasteiger partial charge in [0.05, 0.1) is 21.8 Å². The van der Waals surface area contributed by atoms with Gasteiger partial charge in [-0.1, -0.05) is 127 Å². The Balaban J connectivity index is 1.19. The van der Waals surface area contributed by atoms with Gasteiger partial charge in [0.2, 0.25) is 0 Å². The number of para-hydroxylation sites is 3. The Hall–Kier alpha value is -6.62. The third kappa shape index (κ3) is 4.45. The molecule has 3 aromatic heterocycles. The molecule has 0 aliphatic carbocycles. The van der Waals surface area contributed by atoms with Crippen LogP contribution in [-0.4, -0.2) is 0 Å². The van der Waals surface area contributed by atoms with Gasteiger partial charge in [-0.3, -0.25) is 0 Å². The lowest BCUT2D eigenvalue weighted by molar-refractivity contribution is 0.668. The number of fused-ring (bicyclic) bond motifs is 9. The van der Waals surface area contributed by atoms with Crippen LogP contribution >= 0.6 is 11.3 Å². The number of rotatable bonds is 5. The van der Waals surface area contributed by atoms with Crippen LogP contribution in [0.2, 0.25) is 0 Å². The molecule has 4 heteroatoms. The maximum absolute atomic E-state index is 7.00. The van der Waals surface area contributed by atoms with Crippen LogP contribution in [0.25, 0.3) is 86.3 Å². The van der Waals surface area contributed by atoms with E-state index in [1.165, 1.54) is 31.3 Å². The summed E-state index contributed by atoms with van der Waals surface area (Å²) < 4.78 is 15.9. The van der Waals surface area contributed by atoms with Crippen LogP contribution in [0.4, 0.5) is 17.1 Å². The Bertz CT molecular complexity index is 3130. The van der Waals surface area contributed by atoms with Crippen LogP contribution in [0, 0.1) is 0 Å². The second-order valence-electron chi connectivity index (χ2n) is 13.3. The molecular formula is C48H29NO2S. The van der Waals surface area contributed by atoms with Crippen molar-refractivity contribution in [2.24, 2.45) is 0 Å². The number of benzene rings is 8. The van der Waals surface area contributed by atoms with Gasteiger partial charge in [0.25, 0.3) is 0 Å². The molecule has 0 N–H and O–H groups in total. The van der Waals surface area contributed by atoms with Gasteiger partial charge in [0, 0.05) is 48.6 Å². The molecular weight excluding hydrogens is 655 g/mol. The molecule has 0 spiro atoms. The summed E-state index contributed by atoms with van der Waals surface area (Å²) in [6, 6.07) is 62.3. The van der Waals surface area contributed by atoms with E-state index in [1.807, 2.05) is 29.5 Å². The van der Waals surface area contributed by atoms with E-state index in [2.05, 4.69) is 163 Å². The normalized spacial score (nSPS) is 11.8. The highest BCUT2D eigenvalue weighted by Crippen LogP contribution is 2.49. The molecule has 11 rings (SSSR count). The number of hydrogen-bond donors (Lipinski definition) is 0. The molecule has 0 unspecified atom stereocenters. The van der Waals surface area contributed by atoms with Crippen molar-refractivity contribution in [2.75, 3.05) is 4.90 Å². The standard InChI is InChI=1S/C48H29NO2S/c1-3-12-30(13-4-1)32-24-27-45-40(28-32)39-20-11-22-42(48(39)52-45)49(33-25-26-36-35-16-7-8-23-43(35)50-44(36)29-33)41-21-10-19-38-37-18-9-17-34(46(37)51-47(38)41)31-14-5-2-6-15-31/h1-29H. The second-order valence-corrected chi connectivity index (χ2v) is 14.3. The van der Waals surface area contributed by atoms with Crippen molar-refractivity contribution in [2.45, 2.75) is 0 Å². The molecule has 0 saturated heterocycles. The van der Waals surface area contributed by atoms with Gasteiger partial charge in [-0.25, -0.2) is 0 Å². The van der Waals surface area contributed by atoms with Crippen molar-refractivity contribution in [3.05, 3.63) is 176 Å². The molecule has 3 nitrogen and oxygen atoms in total. The highest BCUT2D eigenvalue weighted by atomic mass is 32.1. The molecule has 0 aliphatic rings. The smallest absolute Gasteiger partial charge is 0.159 e. The van der Waals surface area contributed by atoms with E-state index in [1.54, 1.807) is 0 Å². The lowest BCUT2D eigenvalue weighted by atomic mass is 10.0. The summed E-state index contributed by atoms with van der Waals surface area (Å²) in [7, 11) is 0. The minimum Gasteiger partial charge on any atom is -0.456 e. The fourth-order valence-corrected chi connectivity index (χ4v) is 9.04. The number of hydrogen-bond acceptors (Lipinski definition) is 4. The lowest BCUT2D eigenvalue weighted by Gasteiger charge is -2.26. The lowest BCUT2D eigenvalue weighted by Crippen LogP contribution is -2.10. The van der Waals surface area contributed by atoms with E-state index in [9.17, 15) is 0 Å². The van der Waals surface area contributed by atoms with Crippen LogP contribution in [0.15, 0.2) is 185 Å². The van der Waals surface area contributed by atoms with Crippen LogP contribution in [-0.2, 0) is 0 Å². The maximum Gasteiger partial charge on any atom is 0.159 e. The zero-order valence-corrected chi connectivity index (χ0v) is 28.7. The quantitative estimate of drug-likeness (QED) is 0.181. The van der Waals surface area contributed by atoms with E-state index in [0.29, 0.717) is 0 Å². The number of thiophene rings is 1. The minimum atomic E-state index is 0.843. The summed E-state index contributed by atoms with van der Waals surface area (Å²) in [5, 5.41) is 6.88. The fraction of sp³-hybridized carbons (Fsp3) is 0. The largest absolute Gasteiger partial charge is 0.456 e. The van der Waals surface area contributed by atoms with E-state index in [-0.39, 0.29) is 0 Å². The van der Waals surface area contributed by atoms with Gasteiger partial charge >= 0.3 is 0 Å². The van der Waals surface area contributed by atoms with Crippen molar-refractivity contribution in [1.82, 2.24) is 0 Å². The van der Waals surface area contributed by atoms with Gasteiger partial charge in [-0.15, -0.1) is 11.3 Å². The summed E-state index contributed by atoms with van der Waals surface area (Å²) in [5.74, 6) is 0. The molecule has 0 atom stereocenters. The van der Waals surface area contributed by atoms with Gasteiger partial charge in [0.1, 0.15) is 16.7 Å². The number of anilines is 3. The summed E-state index contributed by atoms with van der Waals surface area (Å²) >= 11 is 1.83. The highest BCUT2D eigenvalue weighted by Gasteiger charge is 2.24. The van der Waals surface area contributed by atoms with Crippen molar-refractivity contribution in [1.29, 1.82) is 0 Å². The third-order valence-corrected chi connectivity index (χ3v) is 11.5. The monoisotopic (exact) mass is 683 g/mol. The van der Waals surface area contributed by atoms with Crippen molar-refractivity contribution < 1.29 is 8.83 Å². The van der Waals surface area contributed by atoms with Crippen molar-refractivity contribution >= 4 is 92.4 Å².